The van der Waals surface area contributed by atoms with Gasteiger partial charge in [0, 0.05) is 6.42 Å². The Morgan fingerprint density at radius 3 is 2.36 bits per heavy atom. The Hall–Kier alpha value is -0.570. The molecule has 1 atom stereocenters. The Labute approximate surface area is 87.4 Å². The van der Waals surface area contributed by atoms with Gasteiger partial charge in [0.05, 0.1) is 0 Å². The van der Waals surface area contributed by atoms with E-state index in [0.717, 1.165) is 25.7 Å². The van der Waals surface area contributed by atoms with E-state index in [1.165, 1.54) is 0 Å². The summed E-state index contributed by atoms with van der Waals surface area (Å²) < 4.78 is 5.29. The van der Waals surface area contributed by atoms with Crippen molar-refractivity contribution in [2.45, 2.75) is 52.2 Å². The van der Waals surface area contributed by atoms with Gasteiger partial charge in [-0.3, -0.25) is 9.69 Å². The van der Waals surface area contributed by atoms with Crippen LogP contribution in [-0.2, 0) is 9.53 Å². The van der Waals surface area contributed by atoms with Gasteiger partial charge in [-0.15, -0.1) is 0 Å². The van der Waals surface area contributed by atoms with Crippen molar-refractivity contribution in [3.63, 3.8) is 0 Å². The van der Waals surface area contributed by atoms with Crippen molar-refractivity contribution in [3.05, 3.63) is 0 Å². The Kier molecular flexibility index (Phi) is 7.48. The summed E-state index contributed by atoms with van der Waals surface area (Å²) in [5.41, 5.74) is 0. The number of ether oxygens (including phenoxy) is 1. The molecule has 0 amide bonds. The summed E-state index contributed by atoms with van der Waals surface area (Å²) in [4.78, 5) is 13.3. The molecule has 0 saturated heterocycles. The molecule has 0 saturated carbocycles. The van der Waals surface area contributed by atoms with E-state index in [1.807, 2.05) is 25.9 Å². The van der Waals surface area contributed by atoms with Crippen molar-refractivity contribution < 1.29 is 9.53 Å². The molecule has 0 spiro atoms. The molecule has 0 radical (unpaired) electrons. The van der Waals surface area contributed by atoms with Crippen LogP contribution < -0.4 is 0 Å². The highest BCUT2D eigenvalue weighted by molar-refractivity contribution is 5.69. The zero-order chi connectivity index (χ0) is 11.0. The maximum absolute atomic E-state index is 11.3. The van der Waals surface area contributed by atoms with Crippen LogP contribution in [0, 0.1) is 0 Å². The quantitative estimate of drug-likeness (QED) is 0.360. The van der Waals surface area contributed by atoms with Gasteiger partial charge in [-0.2, -0.15) is 0 Å². The summed E-state index contributed by atoms with van der Waals surface area (Å²) in [6.45, 7) is 4.14. The molecule has 0 aromatic heterocycles. The van der Waals surface area contributed by atoms with E-state index >= 15 is 0 Å². The van der Waals surface area contributed by atoms with Gasteiger partial charge in [0.15, 0.2) is 6.23 Å². The first-order valence-electron chi connectivity index (χ1n) is 5.47. The summed E-state index contributed by atoms with van der Waals surface area (Å²) in [5.74, 6) is -0.0704. The first-order chi connectivity index (χ1) is 6.61. The van der Waals surface area contributed by atoms with Gasteiger partial charge in [-0.25, -0.2) is 0 Å². The highest BCUT2D eigenvalue weighted by atomic mass is 16.6. The van der Waals surface area contributed by atoms with Crippen molar-refractivity contribution in [1.82, 2.24) is 4.90 Å². The van der Waals surface area contributed by atoms with E-state index in [1.54, 1.807) is 0 Å². The highest BCUT2D eigenvalue weighted by Gasteiger charge is 2.13. The Morgan fingerprint density at radius 2 is 1.93 bits per heavy atom. The van der Waals surface area contributed by atoms with Crippen LogP contribution >= 0.6 is 0 Å². The Balaban J connectivity index is 3.68. The van der Waals surface area contributed by atoms with Crippen LogP contribution in [0.2, 0.25) is 0 Å². The lowest BCUT2D eigenvalue weighted by atomic mass is 10.2. The lowest BCUT2D eigenvalue weighted by Gasteiger charge is -2.22. The van der Waals surface area contributed by atoms with Gasteiger partial charge in [-0.1, -0.05) is 26.7 Å². The minimum Gasteiger partial charge on any atom is -0.446 e. The molecule has 0 aliphatic carbocycles. The fourth-order valence-corrected chi connectivity index (χ4v) is 1.28. The number of hydrogen-bond donors (Lipinski definition) is 0. The molecule has 0 aliphatic rings. The summed E-state index contributed by atoms with van der Waals surface area (Å²) in [5, 5.41) is 0. The molecule has 14 heavy (non-hydrogen) atoms. The monoisotopic (exact) mass is 201 g/mol. The van der Waals surface area contributed by atoms with Crippen LogP contribution in [-0.4, -0.2) is 31.2 Å². The predicted molar refractivity (Wildman–Crippen MR) is 58.0 cm³/mol. The molecule has 0 N–H and O–H groups in total. The van der Waals surface area contributed by atoms with Crippen LogP contribution in [0.1, 0.15) is 46.0 Å². The van der Waals surface area contributed by atoms with Gasteiger partial charge >= 0.3 is 5.97 Å². The molecule has 1 unspecified atom stereocenters. The molecule has 0 heterocycles. The lowest BCUT2D eigenvalue weighted by Crippen LogP contribution is -2.32. The molecular formula is C11H23NO2. The standard InChI is InChI=1S/C11H23NO2/c1-5-7-8-9-11(13)14-10(6-2)12(3)4/h10H,5-9H2,1-4H3. The molecule has 0 aromatic carbocycles. The molecule has 0 fully saturated rings. The average molecular weight is 201 g/mol. The van der Waals surface area contributed by atoms with E-state index < -0.39 is 0 Å². The SMILES string of the molecule is CCCCCC(=O)OC(CC)N(C)C. The van der Waals surface area contributed by atoms with Gasteiger partial charge in [0.1, 0.15) is 0 Å². The van der Waals surface area contributed by atoms with E-state index in [2.05, 4.69) is 6.92 Å². The third kappa shape index (κ3) is 5.97. The second kappa shape index (κ2) is 7.80. The molecule has 84 valence electrons. The van der Waals surface area contributed by atoms with Crippen LogP contribution in [0.4, 0.5) is 0 Å². The van der Waals surface area contributed by atoms with Crippen molar-refractivity contribution in [1.29, 1.82) is 0 Å². The molecular weight excluding hydrogens is 178 g/mol. The maximum Gasteiger partial charge on any atom is 0.307 e. The van der Waals surface area contributed by atoms with Crippen molar-refractivity contribution in [2.24, 2.45) is 0 Å². The summed E-state index contributed by atoms with van der Waals surface area (Å²) in [6, 6.07) is 0. The maximum atomic E-state index is 11.3. The van der Waals surface area contributed by atoms with Gasteiger partial charge in [0.2, 0.25) is 0 Å². The molecule has 3 heteroatoms. The third-order valence-electron chi connectivity index (χ3n) is 2.18. The van der Waals surface area contributed by atoms with E-state index in [-0.39, 0.29) is 12.2 Å². The molecule has 3 nitrogen and oxygen atoms in total. The zero-order valence-electron chi connectivity index (χ0n) is 9.88. The number of carbonyl (C=O) groups is 1. The number of rotatable bonds is 7. The molecule has 0 aromatic rings. The minimum atomic E-state index is -0.0704. The molecule has 0 aliphatic heterocycles. The first kappa shape index (κ1) is 13.4. The first-order valence-corrected chi connectivity index (χ1v) is 5.47. The lowest BCUT2D eigenvalue weighted by molar-refractivity contribution is -0.157. The zero-order valence-corrected chi connectivity index (χ0v) is 9.88. The summed E-state index contributed by atoms with van der Waals surface area (Å²) in [7, 11) is 3.85. The van der Waals surface area contributed by atoms with Gasteiger partial charge < -0.3 is 4.74 Å². The number of carbonyl (C=O) groups excluding carboxylic acids is 1. The van der Waals surface area contributed by atoms with Crippen molar-refractivity contribution >= 4 is 5.97 Å². The topological polar surface area (TPSA) is 29.5 Å². The fourth-order valence-electron chi connectivity index (χ4n) is 1.28. The van der Waals surface area contributed by atoms with Crippen LogP contribution in [0.15, 0.2) is 0 Å². The number of esters is 1. The van der Waals surface area contributed by atoms with Gasteiger partial charge in [-0.05, 0) is 26.9 Å². The second-order valence-electron chi connectivity index (χ2n) is 3.77. The van der Waals surface area contributed by atoms with E-state index in [4.69, 9.17) is 4.74 Å². The van der Waals surface area contributed by atoms with Crippen LogP contribution in [0.25, 0.3) is 0 Å². The van der Waals surface area contributed by atoms with E-state index in [0.29, 0.717) is 6.42 Å². The van der Waals surface area contributed by atoms with Crippen LogP contribution in [0.5, 0.6) is 0 Å². The van der Waals surface area contributed by atoms with Gasteiger partial charge in [0.25, 0.3) is 0 Å². The normalized spacial score (nSPS) is 12.9. The molecule has 0 rings (SSSR count). The number of unbranched alkanes of at least 4 members (excludes halogenated alkanes) is 2. The summed E-state index contributed by atoms with van der Waals surface area (Å²) >= 11 is 0. The third-order valence-corrected chi connectivity index (χ3v) is 2.18. The average Bonchev–Trinajstić information content (AvgIpc) is 2.14. The smallest absolute Gasteiger partial charge is 0.307 e. The molecule has 0 bridgehead atoms. The summed E-state index contributed by atoms with van der Waals surface area (Å²) in [6.07, 6.45) is 4.51. The Bertz CT molecular complexity index is 157. The largest absolute Gasteiger partial charge is 0.446 e. The highest BCUT2D eigenvalue weighted by Crippen LogP contribution is 2.06. The van der Waals surface area contributed by atoms with Crippen molar-refractivity contribution in [3.8, 4) is 0 Å². The Morgan fingerprint density at radius 1 is 1.29 bits per heavy atom. The van der Waals surface area contributed by atoms with E-state index in [9.17, 15) is 4.79 Å². The predicted octanol–water partition coefficient (Wildman–Crippen LogP) is 2.41. The van der Waals surface area contributed by atoms with Crippen molar-refractivity contribution in [2.75, 3.05) is 14.1 Å². The number of hydrogen-bond acceptors (Lipinski definition) is 3. The second-order valence-corrected chi connectivity index (χ2v) is 3.77. The number of nitrogens with zero attached hydrogens (tertiary/aromatic N) is 1. The fraction of sp³-hybridized carbons (Fsp3) is 0.909. The minimum absolute atomic E-state index is 0.0656. The van der Waals surface area contributed by atoms with Crippen LogP contribution in [0.3, 0.4) is 0 Å².